The van der Waals surface area contributed by atoms with Crippen LogP contribution in [-0.4, -0.2) is 46.2 Å². The molecule has 1 unspecified atom stereocenters. The number of fused-ring (bicyclic) bond motifs is 1. The SMILES string of the molecule is CCOC(=O)C1Cc2cc(S(=O)(=O)N(C)c3cccc(OC)n3)ccc2O1. The van der Waals surface area contributed by atoms with E-state index < -0.39 is 22.1 Å². The number of rotatable bonds is 6. The number of carbonyl (C=O) groups is 1. The average Bonchev–Trinajstić information content (AvgIpc) is 3.11. The Balaban J connectivity index is 1.87. The number of pyridine rings is 1. The number of ether oxygens (including phenoxy) is 3. The lowest BCUT2D eigenvalue weighted by atomic mass is 10.1. The number of nitrogens with zero attached hydrogens (tertiary/aromatic N) is 2. The van der Waals surface area contributed by atoms with Gasteiger partial charge in [0.25, 0.3) is 10.0 Å². The van der Waals surface area contributed by atoms with Gasteiger partial charge in [0.1, 0.15) is 11.6 Å². The molecule has 0 amide bonds. The van der Waals surface area contributed by atoms with Crippen molar-refractivity contribution in [1.29, 1.82) is 0 Å². The fraction of sp³-hybridized carbons (Fsp3) is 0.333. The number of sulfonamides is 1. The van der Waals surface area contributed by atoms with Gasteiger partial charge in [-0.05, 0) is 36.8 Å². The quantitative estimate of drug-likeness (QED) is 0.692. The molecule has 0 radical (unpaired) electrons. The van der Waals surface area contributed by atoms with Gasteiger partial charge in [0, 0.05) is 19.5 Å². The van der Waals surface area contributed by atoms with Crippen LogP contribution in [0.3, 0.4) is 0 Å². The highest BCUT2D eigenvalue weighted by Gasteiger charge is 2.32. The maximum absolute atomic E-state index is 13.0. The van der Waals surface area contributed by atoms with Gasteiger partial charge in [-0.25, -0.2) is 13.2 Å². The van der Waals surface area contributed by atoms with E-state index in [-0.39, 0.29) is 23.7 Å². The minimum Gasteiger partial charge on any atom is -0.481 e. The lowest BCUT2D eigenvalue weighted by Gasteiger charge is -2.19. The molecule has 2 aromatic rings. The van der Waals surface area contributed by atoms with E-state index in [2.05, 4.69) is 4.98 Å². The Labute approximate surface area is 157 Å². The first kappa shape index (κ1) is 19.0. The summed E-state index contributed by atoms with van der Waals surface area (Å²) in [5.41, 5.74) is 0.640. The molecule has 27 heavy (non-hydrogen) atoms. The summed E-state index contributed by atoms with van der Waals surface area (Å²) in [6.45, 7) is 1.97. The molecule has 0 aliphatic carbocycles. The zero-order chi connectivity index (χ0) is 19.6. The lowest BCUT2D eigenvalue weighted by Crippen LogP contribution is -2.27. The van der Waals surface area contributed by atoms with Crippen LogP contribution in [0.4, 0.5) is 5.82 Å². The molecule has 0 fully saturated rings. The third kappa shape index (κ3) is 3.68. The number of benzene rings is 1. The van der Waals surface area contributed by atoms with E-state index in [1.54, 1.807) is 31.2 Å². The summed E-state index contributed by atoms with van der Waals surface area (Å²) in [4.78, 5) is 16.1. The van der Waals surface area contributed by atoms with Crippen LogP contribution < -0.4 is 13.8 Å². The van der Waals surface area contributed by atoms with Crippen LogP contribution in [0.25, 0.3) is 0 Å². The maximum Gasteiger partial charge on any atom is 0.347 e. The van der Waals surface area contributed by atoms with Crippen LogP contribution in [0, 0.1) is 0 Å². The van der Waals surface area contributed by atoms with Crippen LogP contribution in [0.1, 0.15) is 12.5 Å². The Hall–Kier alpha value is -2.81. The zero-order valence-electron chi connectivity index (χ0n) is 15.2. The molecule has 1 aliphatic heterocycles. The Kier molecular flexibility index (Phi) is 5.22. The highest BCUT2D eigenvalue weighted by atomic mass is 32.2. The normalized spacial score (nSPS) is 15.6. The van der Waals surface area contributed by atoms with Gasteiger partial charge < -0.3 is 14.2 Å². The molecule has 0 N–H and O–H groups in total. The maximum atomic E-state index is 13.0. The zero-order valence-corrected chi connectivity index (χ0v) is 16.0. The number of anilines is 1. The van der Waals surface area contributed by atoms with E-state index in [4.69, 9.17) is 14.2 Å². The molecule has 0 saturated carbocycles. The van der Waals surface area contributed by atoms with Crippen molar-refractivity contribution < 1.29 is 27.4 Å². The van der Waals surface area contributed by atoms with Gasteiger partial charge in [-0.2, -0.15) is 4.98 Å². The monoisotopic (exact) mass is 392 g/mol. The van der Waals surface area contributed by atoms with E-state index in [0.717, 1.165) is 4.31 Å². The summed E-state index contributed by atoms with van der Waals surface area (Å²) in [7, 11) is -0.965. The van der Waals surface area contributed by atoms with Crippen LogP contribution in [0.15, 0.2) is 41.3 Å². The topological polar surface area (TPSA) is 95.0 Å². The minimum atomic E-state index is -3.84. The van der Waals surface area contributed by atoms with E-state index in [1.165, 1.54) is 26.3 Å². The van der Waals surface area contributed by atoms with Crippen LogP contribution in [0.5, 0.6) is 11.6 Å². The second-order valence-corrected chi connectivity index (χ2v) is 7.81. The largest absolute Gasteiger partial charge is 0.481 e. The molecule has 1 atom stereocenters. The van der Waals surface area contributed by atoms with Crippen molar-refractivity contribution in [3.05, 3.63) is 42.0 Å². The first-order chi connectivity index (χ1) is 12.9. The van der Waals surface area contributed by atoms with E-state index in [0.29, 0.717) is 17.2 Å². The number of hydrogen-bond acceptors (Lipinski definition) is 7. The van der Waals surface area contributed by atoms with E-state index in [1.807, 2.05) is 0 Å². The van der Waals surface area contributed by atoms with Gasteiger partial charge in [-0.1, -0.05) is 6.07 Å². The second kappa shape index (κ2) is 7.43. The van der Waals surface area contributed by atoms with Gasteiger partial charge >= 0.3 is 5.97 Å². The number of esters is 1. The molecule has 8 nitrogen and oxygen atoms in total. The second-order valence-electron chi connectivity index (χ2n) is 5.84. The van der Waals surface area contributed by atoms with Gasteiger partial charge in [0.15, 0.2) is 6.10 Å². The van der Waals surface area contributed by atoms with Crippen molar-refractivity contribution in [2.45, 2.75) is 24.3 Å². The van der Waals surface area contributed by atoms with Crippen molar-refractivity contribution in [1.82, 2.24) is 4.98 Å². The van der Waals surface area contributed by atoms with Crippen molar-refractivity contribution >= 4 is 21.8 Å². The Morgan fingerprint density at radius 1 is 1.33 bits per heavy atom. The predicted octanol–water partition coefficient (Wildman–Crippen LogP) is 1.78. The third-order valence-corrected chi connectivity index (χ3v) is 5.91. The average molecular weight is 392 g/mol. The van der Waals surface area contributed by atoms with Crippen molar-refractivity contribution in [2.75, 3.05) is 25.1 Å². The third-order valence-electron chi connectivity index (χ3n) is 4.15. The molecular weight excluding hydrogens is 372 g/mol. The van der Waals surface area contributed by atoms with Crippen LogP contribution in [0.2, 0.25) is 0 Å². The summed E-state index contributed by atoms with van der Waals surface area (Å²) >= 11 is 0. The minimum absolute atomic E-state index is 0.0847. The number of hydrogen-bond donors (Lipinski definition) is 0. The first-order valence-corrected chi connectivity index (χ1v) is 9.77. The Morgan fingerprint density at radius 2 is 2.11 bits per heavy atom. The summed E-state index contributed by atoms with van der Waals surface area (Å²) in [6, 6.07) is 9.38. The lowest BCUT2D eigenvalue weighted by molar-refractivity contribution is -0.150. The fourth-order valence-corrected chi connectivity index (χ4v) is 3.92. The molecule has 3 rings (SSSR count). The van der Waals surface area contributed by atoms with E-state index in [9.17, 15) is 13.2 Å². The smallest absolute Gasteiger partial charge is 0.347 e. The Bertz CT molecular complexity index is 960. The van der Waals surface area contributed by atoms with Crippen molar-refractivity contribution in [2.24, 2.45) is 0 Å². The molecule has 0 saturated heterocycles. The number of methoxy groups -OCH3 is 1. The van der Waals surface area contributed by atoms with Crippen molar-refractivity contribution in [3.8, 4) is 11.6 Å². The van der Waals surface area contributed by atoms with Crippen LogP contribution in [-0.2, 0) is 26.0 Å². The highest BCUT2D eigenvalue weighted by Crippen LogP contribution is 2.32. The summed E-state index contributed by atoms with van der Waals surface area (Å²) < 4.78 is 42.6. The summed E-state index contributed by atoms with van der Waals surface area (Å²) in [5.74, 6) is 0.564. The van der Waals surface area contributed by atoms with Crippen molar-refractivity contribution in [3.63, 3.8) is 0 Å². The Morgan fingerprint density at radius 3 is 2.81 bits per heavy atom. The first-order valence-electron chi connectivity index (χ1n) is 8.33. The molecule has 0 spiro atoms. The molecule has 1 aliphatic rings. The molecular formula is C18H20N2O6S. The molecule has 9 heteroatoms. The fourth-order valence-electron chi connectivity index (χ4n) is 2.73. The highest BCUT2D eigenvalue weighted by molar-refractivity contribution is 7.92. The summed E-state index contributed by atoms with van der Waals surface area (Å²) in [5, 5.41) is 0. The van der Waals surface area contributed by atoms with Gasteiger partial charge in [-0.15, -0.1) is 0 Å². The standard InChI is InChI=1S/C18H20N2O6S/c1-4-25-18(21)15-11-12-10-13(8-9-14(12)26-15)27(22,23)20(2)16-6-5-7-17(19-16)24-3/h5-10,15H,4,11H2,1-3H3. The number of carbonyl (C=O) groups excluding carboxylic acids is 1. The molecule has 0 bridgehead atoms. The molecule has 1 aromatic carbocycles. The molecule has 2 heterocycles. The van der Waals surface area contributed by atoms with Gasteiger partial charge in [0.2, 0.25) is 5.88 Å². The van der Waals surface area contributed by atoms with Gasteiger partial charge in [-0.3, -0.25) is 4.31 Å². The summed E-state index contributed by atoms with van der Waals surface area (Å²) in [6.07, 6.45) is -0.491. The molecule has 144 valence electrons. The van der Waals surface area contributed by atoms with Gasteiger partial charge in [0.05, 0.1) is 18.6 Å². The predicted molar refractivity (Wildman–Crippen MR) is 97.6 cm³/mol. The van der Waals surface area contributed by atoms with Crippen LogP contribution >= 0.6 is 0 Å². The van der Waals surface area contributed by atoms with E-state index >= 15 is 0 Å². The number of aromatic nitrogens is 1. The molecule has 1 aromatic heterocycles.